The van der Waals surface area contributed by atoms with Gasteiger partial charge in [0.25, 0.3) is 5.91 Å². The maximum atomic E-state index is 13.0. The molecule has 0 heterocycles. The number of anilines is 2. The highest BCUT2D eigenvalue weighted by Crippen LogP contribution is 2.31. The maximum absolute atomic E-state index is 13.0. The molecule has 0 spiro atoms. The van der Waals surface area contributed by atoms with E-state index in [9.17, 15) is 13.2 Å². The molecule has 2 rings (SSSR count). The van der Waals surface area contributed by atoms with Crippen molar-refractivity contribution >= 4 is 27.3 Å². The summed E-state index contributed by atoms with van der Waals surface area (Å²) in [5.41, 5.74) is 1.18. The van der Waals surface area contributed by atoms with Crippen molar-refractivity contribution in [3.8, 4) is 11.5 Å². The second kappa shape index (κ2) is 12.5. The number of sulfonamides is 1. The minimum Gasteiger partial charge on any atom is -0.490 e. The molecule has 1 amide bonds. The van der Waals surface area contributed by atoms with Crippen molar-refractivity contribution in [3.05, 3.63) is 42.5 Å². The minimum absolute atomic E-state index is 0.139. The Kier molecular flexibility index (Phi) is 9.99. The Balaban J connectivity index is 2.31. The highest BCUT2D eigenvalue weighted by atomic mass is 32.2. The normalized spacial score (nSPS) is 11.3. The van der Waals surface area contributed by atoms with E-state index >= 15 is 0 Å². The SMILES string of the molecule is CCOc1ccccc1OCC(=O)Nc1cc(S(=O)(=O)N(CC)CC)ccc1N(CC)CC. The zero-order valence-corrected chi connectivity index (χ0v) is 20.9. The van der Waals surface area contributed by atoms with Crippen molar-refractivity contribution in [2.75, 3.05) is 49.6 Å². The third-order valence-electron chi connectivity index (χ3n) is 5.20. The first kappa shape index (κ1) is 26.5. The van der Waals surface area contributed by atoms with Gasteiger partial charge in [-0.2, -0.15) is 4.31 Å². The zero-order chi connectivity index (χ0) is 24.4. The number of benzene rings is 2. The fourth-order valence-electron chi connectivity index (χ4n) is 3.50. The van der Waals surface area contributed by atoms with Crippen LogP contribution in [0.15, 0.2) is 47.4 Å². The highest BCUT2D eigenvalue weighted by molar-refractivity contribution is 7.89. The molecule has 0 unspecified atom stereocenters. The largest absolute Gasteiger partial charge is 0.490 e. The third-order valence-corrected chi connectivity index (χ3v) is 7.24. The molecule has 8 nitrogen and oxygen atoms in total. The topological polar surface area (TPSA) is 88.2 Å². The van der Waals surface area contributed by atoms with E-state index in [0.29, 0.717) is 50.0 Å². The predicted molar refractivity (Wildman–Crippen MR) is 132 cm³/mol. The van der Waals surface area contributed by atoms with Crippen LogP contribution in [0.25, 0.3) is 0 Å². The molecule has 0 saturated heterocycles. The van der Waals surface area contributed by atoms with E-state index in [-0.39, 0.29) is 11.5 Å². The molecule has 0 radical (unpaired) electrons. The summed E-state index contributed by atoms with van der Waals surface area (Å²) in [6.45, 7) is 11.9. The first-order chi connectivity index (χ1) is 15.8. The van der Waals surface area contributed by atoms with E-state index in [2.05, 4.69) is 10.2 Å². The summed E-state index contributed by atoms with van der Waals surface area (Å²) in [5.74, 6) is 0.632. The first-order valence-electron chi connectivity index (χ1n) is 11.4. The Hall–Kier alpha value is -2.78. The summed E-state index contributed by atoms with van der Waals surface area (Å²) < 4.78 is 38.6. The quantitative estimate of drug-likeness (QED) is 0.470. The third kappa shape index (κ3) is 6.61. The average Bonchev–Trinajstić information content (AvgIpc) is 2.81. The van der Waals surface area contributed by atoms with Gasteiger partial charge in [0.15, 0.2) is 18.1 Å². The summed E-state index contributed by atoms with van der Waals surface area (Å²) >= 11 is 0. The number of nitrogens with one attached hydrogen (secondary N) is 1. The lowest BCUT2D eigenvalue weighted by Crippen LogP contribution is -2.31. The first-order valence-corrected chi connectivity index (χ1v) is 12.8. The van der Waals surface area contributed by atoms with Gasteiger partial charge >= 0.3 is 0 Å². The number of rotatable bonds is 13. The van der Waals surface area contributed by atoms with Crippen molar-refractivity contribution in [2.45, 2.75) is 39.5 Å². The van der Waals surface area contributed by atoms with Crippen molar-refractivity contribution in [1.29, 1.82) is 0 Å². The monoisotopic (exact) mass is 477 g/mol. The van der Waals surface area contributed by atoms with Crippen molar-refractivity contribution in [1.82, 2.24) is 4.31 Å². The van der Waals surface area contributed by atoms with Crippen LogP contribution in [0, 0.1) is 0 Å². The number of carbonyl (C=O) groups is 1. The molecule has 2 aromatic carbocycles. The fraction of sp³-hybridized carbons (Fsp3) is 0.458. The van der Waals surface area contributed by atoms with E-state index in [1.54, 1.807) is 44.2 Å². The molecule has 182 valence electrons. The predicted octanol–water partition coefficient (Wildman–Crippen LogP) is 3.98. The Morgan fingerprint density at radius 2 is 1.48 bits per heavy atom. The number of carbonyl (C=O) groups excluding carboxylic acids is 1. The van der Waals surface area contributed by atoms with E-state index in [1.165, 1.54) is 10.4 Å². The lowest BCUT2D eigenvalue weighted by atomic mass is 10.2. The van der Waals surface area contributed by atoms with Crippen LogP contribution < -0.4 is 19.7 Å². The van der Waals surface area contributed by atoms with E-state index in [1.807, 2.05) is 26.8 Å². The van der Waals surface area contributed by atoms with E-state index in [4.69, 9.17) is 9.47 Å². The van der Waals surface area contributed by atoms with Crippen molar-refractivity contribution < 1.29 is 22.7 Å². The maximum Gasteiger partial charge on any atom is 0.262 e. The van der Waals surface area contributed by atoms with Crippen LogP contribution in [-0.2, 0) is 14.8 Å². The molecule has 0 aliphatic rings. The molecule has 2 aromatic rings. The second-order valence-corrected chi connectivity index (χ2v) is 9.10. The fourth-order valence-corrected chi connectivity index (χ4v) is 4.99. The van der Waals surface area contributed by atoms with Gasteiger partial charge in [-0.1, -0.05) is 26.0 Å². The molecule has 0 aromatic heterocycles. The van der Waals surface area contributed by atoms with Crippen molar-refractivity contribution in [3.63, 3.8) is 0 Å². The van der Waals surface area contributed by atoms with Crippen LogP contribution in [-0.4, -0.2) is 58.0 Å². The molecule has 0 bridgehead atoms. The number of amides is 1. The van der Waals surface area contributed by atoms with Gasteiger partial charge in [-0.3, -0.25) is 4.79 Å². The molecular weight excluding hydrogens is 442 g/mol. The zero-order valence-electron chi connectivity index (χ0n) is 20.1. The highest BCUT2D eigenvalue weighted by Gasteiger charge is 2.24. The Morgan fingerprint density at radius 3 is 2.03 bits per heavy atom. The van der Waals surface area contributed by atoms with Gasteiger partial charge in [0.2, 0.25) is 10.0 Å². The van der Waals surface area contributed by atoms with Gasteiger partial charge in [0, 0.05) is 26.2 Å². The summed E-state index contributed by atoms with van der Waals surface area (Å²) in [6.07, 6.45) is 0. The van der Waals surface area contributed by atoms with E-state index < -0.39 is 15.9 Å². The smallest absolute Gasteiger partial charge is 0.262 e. The van der Waals surface area contributed by atoms with Gasteiger partial charge in [-0.15, -0.1) is 0 Å². The molecule has 0 fully saturated rings. The number of para-hydroxylation sites is 2. The lowest BCUT2D eigenvalue weighted by molar-refractivity contribution is -0.118. The van der Waals surface area contributed by atoms with Gasteiger partial charge < -0.3 is 19.7 Å². The summed E-state index contributed by atoms with van der Waals surface area (Å²) in [4.78, 5) is 14.9. The van der Waals surface area contributed by atoms with Crippen LogP contribution >= 0.6 is 0 Å². The minimum atomic E-state index is -3.67. The lowest BCUT2D eigenvalue weighted by Gasteiger charge is -2.26. The second-order valence-electron chi connectivity index (χ2n) is 7.16. The molecule has 0 saturated carbocycles. The van der Waals surface area contributed by atoms with Gasteiger partial charge in [0.1, 0.15) is 0 Å². The van der Waals surface area contributed by atoms with Crippen LogP contribution in [0.2, 0.25) is 0 Å². The number of hydrogen-bond donors (Lipinski definition) is 1. The number of hydrogen-bond acceptors (Lipinski definition) is 6. The van der Waals surface area contributed by atoms with Gasteiger partial charge in [-0.05, 0) is 51.1 Å². The van der Waals surface area contributed by atoms with Crippen LogP contribution in [0.4, 0.5) is 11.4 Å². The molecule has 1 N–H and O–H groups in total. The molecular formula is C24H35N3O5S. The van der Waals surface area contributed by atoms with Gasteiger partial charge in [0.05, 0.1) is 22.9 Å². The molecule has 33 heavy (non-hydrogen) atoms. The molecule has 0 atom stereocenters. The Bertz CT molecular complexity index is 1020. The van der Waals surface area contributed by atoms with Crippen molar-refractivity contribution in [2.24, 2.45) is 0 Å². The molecule has 9 heteroatoms. The average molecular weight is 478 g/mol. The molecule has 0 aliphatic heterocycles. The van der Waals surface area contributed by atoms with Crippen LogP contribution in [0.1, 0.15) is 34.6 Å². The van der Waals surface area contributed by atoms with E-state index in [0.717, 1.165) is 5.69 Å². The Morgan fingerprint density at radius 1 is 0.879 bits per heavy atom. The standard InChI is InChI=1S/C24H35N3O5S/c1-6-26(7-2)21-16-15-19(33(29,30)27(8-3)9-4)17-20(21)25-24(28)18-32-23-14-12-11-13-22(23)31-10-5/h11-17H,6-10,18H2,1-5H3,(H,25,28). The molecule has 0 aliphatic carbocycles. The summed E-state index contributed by atoms with van der Waals surface area (Å²) in [6, 6.07) is 12.0. The summed E-state index contributed by atoms with van der Waals surface area (Å²) in [7, 11) is -3.67. The van der Waals surface area contributed by atoms with Crippen LogP contribution in [0.5, 0.6) is 11.5 Å². The van der Waals surface area contributed by atoms with Gasteiger partial charge in [-0.25, -0.2) is 8.42 Å². The number of nitrogens with zero attached hydrogens (tertiary/aromatic N) is 2. The van der Waals surface area contributed by atoms with Crippen LogP contribution in [0.3, 0.4) is 0 Å². The number of ether oxygens (including phenoxy) is 2. The summed E-state index contributed by atoms with van der Waals surface area (Å²) in [5, 5.41) is 2.84. The Labute approximate surface area is 197 Å².